The van der Waals surface area contributed by atoms with Crippen LogP contribution >= 0.6 is 0 Å². The third-order valence-corrected chi connectivity index (χ3v) is 3.25. The molecule has 1 aliphatic rings. The predicted octanol–water partition coefficient (Wildman–Crippen LogP) is 1.06. The molecule has 1 aromatic rings. The van der Waals surface area contributed by atoms with Crippen LogP contribution < -0.4 is 5.73 Å². The number of hydrogen-bond donors (Lipinski definition) is 2. The molecule has 0 aliphatic carbocycles. The van der Waals surface area contributed by atoms with Gasteiger partial charge in [-0.25, -0.2) is 4.39 Å². The van der Waals surface area contributed by atoms with Gasteiger partial charge in [0.25, 0.3) is 0 Å². The van der Waals surface area contributed by atoms with Crippen molar-refractivity contribution in [3.05, 3.63) is 29.6 Å². The Morgan fingerprint density at radius 3 is 2.53 bits per heavy atom. The summed E-state index contributed by atoms with van der Waals surface area (Å²) < 4.78 is 18.5. The van der Waals surface area contributed by atoms with Crippen LogP contribution in [0.1, 0.15) is 18.4 Å². The van der Waals surface area contributed by atoms with E-state index < -0.39 is 17.1 Å². The number of benzene rings is 1. The van der Waals surface area contributed by atoms with E-state index in [9.17, 15) is 14.3 Å². The van der Waals surface area contributed by atoms with Crippen molar-refractivity contribution >= 4 is 5.91 Å². The van der Waals surface area contributed by atoms with E-state index in [2.05, 4.69) is 0 Å². The lowest BCUT2D eigenvalue weighted by molar-refractivity contribution is -0.127. The maximum Gasteiger partial charge on any atom is 0.228 e. The summed E-state index contributed by atoms with van der Waals surface area (Å²) in [5.41, 5.74) is 4.93. The summed E-state index contributed by atoms with van der Waals surface area (Å²) in [5.74, 6) is -1.29. The molecule has 1 fully saturated rings. The summed E-state index contributed by atoms with van der Waals surface area (Å²) >= 11 is 0. The minimum Gasteiger partial charge on any atom is -0.508 e. The first-order chi connectivity index (χ1) is 8.04. The van der Waals surface area contributed by atoms with Gasteiger partial charge in [-0.05, 0) is 30.5 Å². The molecule has 0 saturated carbocycles. The topological polar surface area (TPSA) is 72.6 Å². The standard InChI is InChI=1S/C12H14FNO3/c13-9-5-8(6-10(15)7-9)12(11(14)16)1-3-17-4-2-12/h5-7,15H,1-4H2,(H2,14,16). The third-order valence-electron chi connectivity index (χ3n) is 3.25. The maximum absolute atomic E-state index is 13.3. The number of phenols is 1. The maximum atomic E-state index is 13.3. The van der Waals surface area contributed by atoms with E-state index in [4.69, 9.17) is 10.5 Å². The van der Waals surface area contributed by atoms with Crippen molar-refractivity contribution in [3.8, 4) is 5.75 Å². The van der Waals surface area contributed by atoms with Crippen molar-refractivity contribution in [2.75, 3.05) is 13.2 Å². The molecular formula is C12H14FNO3. The Hall–Kier alpha value is -1.62. The van der Waals surface area contributed by atoms with Gasteiger partial charge in [-0.3, -0.25) is 4.79 Å². The number of carbonyl (C=O) groups excluding carboxylic acids is 1. The van der Waals surface area contributed by atoms with Gasteiger partial charge >= 0.3 is 0 Å². The highest BCUT2D eigenvalue weighted by Crippen LogP contribution is 2.36. The van der Waals surface area contributed by atoms with Crippen molar-refractivity contribution in [1.82, 2.24) is 0 Å². The van der Waals surface area contributed by atoms with Gasteiger partial charge in [-0.15, -0.1) is 0 Å². The van der Waals surface area contributed by atoms with Crippen molar-refractivity contribution in [3.63, 3.8) is 0 Å². The lowest BCUT2D eigenvalue weighted by Crippen LogP contribution is -2.45. The fourth-order valence-corrected chi connectivity index (χ4v) is 2.25. The fraction of sp³-hybridized carbons (Fsp3) is 0.417. The molecule has 17 heavy (non-hydrogen) atoms. The number of carbonyl (C=O) groups is 1. The third kappa shape index (κ3) is 2.10. The minimum absolute atomic E-state index is 0.202. The second-order valence-electron chi connectivity index (χ2n) is 4.26. The van der Waals surface area contributed by atoms with Crippen LogP contribution in [0.5, 0.6) is 5.75 Å². The molecular weight excluding hydrogens is 225 g/mol. The zero-order chi connectivity index (χ0) is 12.5. The Morgan fingerprint density at radius 2 is 2.00 bits per heavy atom. The predicted molar refractivity (Wildman–Crippen MR) is 59.0 cm³/mol. The number of ether oxygens (including phenoxy) is 1. The van der Waals surface area contributed by atoms with Gasteiger partial charge in [0, 0.05) is 19.3 Å². The van der Waals surface area contributed by atoms with Gasteiger partial charge < -0.3 is 15.6 Å². The molecule has 1 aliphatic heterocycles. The Bertz CT molecular complexity index is 421. The summed E-state index contributed by atoms with van der Waals surface area (Å²) in [6.07, 6.45) is 0.816. The minimum atomic E-state index is -0.933. The number of primary amides is 1. The van der Waals surface area contributed by atoms with Gasteiger partial charge in [0.05, 0.1) is 5.41 Å². The highest BCUT2D eigenvalue weighted by atomic mass is 19.1. The largest absolute Gasteiger partial charge is 0.508 e. The molecule has 0 aromatic heterocycles. The first-order valence-electron chi connectivity index (χ1n) is 5.42. The summed E-state index contributed by atoms with van der Waals surface area (Å²) in [6.45, 7) is 0.806. The van der Waals surface area contributed by atoms with Crippen LogP contribution in [0.25, 0.3) is 0 Å². The van der Waals surface area contributed by atoms with Gasteiger partial charge in [0.1, 0.15) is 11.6 Å². The van der Waals surface area contributed by atoms with Gasteiger partial charge in [0.15, 0.2) is 0 Å². The molecule has 1 heterocycles. The van der Waals surface area contributed by atoms with E-state index in [0.29, 0.717) is 31.6 Å². The average molecular weight is 239 g/mol. The summed E-state index contributed by atoms with van der Waals surface area (Å²) in [4.78, 5) is 11.7. The number of aromatic hydroxyl groups is 1. The lowest BCUT2D eigenvalue weighted by atomic mass is 9.73. The number of amides is 1. The Morgan fingerprint density at radius 1 is 1.35 bits per heavy atom. The molecule has 1 aromatic carbocycles. The van der Waals surface area contributed by atoms with Crippen LogP contribution in [-0.4, -0.2) is 24.2 Å². The van der Waals surface area contributed by atoms with E-state index >= 15 is 0 Å². The Labute approximate surface area is 98.2 Å². The van der Waals surface area contributed by atoms with Gasteiger partial charge in [0.2, 0.25) is 5.91 Å². The monoisotopic (exact) mass is 239 g/mol. The fourth-order valence-electron chi connectivity index (χ4n) is 2.25. The second-order valence-corrected chi connectivity index (χ2v) is 4.26. The highest BCUT2D eigenvalue weighted by molar-refractivity contribution is 5.87. The molecule has 2 rings (SSSR count). The van der Waals surface area contributed by atoms with Crippen molar-refractivity contribution < 1.29 is 19.0 Å². The lowest BCUT2D eigenvalue weighted by Gasteiger charge is -2.34. The number of phenolic OH excluding ortho intramolecular Hbond substituents is 1. The van der Waals surface area contributed by atoms with Gasteiger partial charge in [-0.2, -0.15) is 0 Å². The number of halogens is 1. The van der Waals surface area contributed by atoms with E-state index in [1.807, 2.05) is 0 Å². The van der Waals surface area contributed by atoms with Crippen LogP contribution in [0.3, 0.4) is 0 Å². The van der Waals surface area contributed by atoms with Gasteiger partial charge in [-0.1, -0.05) is 0 Å². The van der Waals surface area contributed by atoms with E-state index in [1.54, 1.807) is 0 Å². The molecule has 0 spiro atoms. The molecule has 0 atom stereocenters. The first kappa shape index (κ1) is 11.9. The molecule has 0 radical (unpaired) electrons. The normalized spacial score (nSPS) is 18.9. The molecule has 0 unspecified atom stereocenters. The zero-order valence-corrected chi connectivity index (χ0v) is 9.28. The average Bonchev–Trinajstić information content (AvgIpc) is 2.28. The van der Waals surface area contributed by atoms with Crippen LogP contribution in [-0.2, 0) is 14.9 Å². The Balaban J connectivity index is 2.48. The molecule has 5 heteroatoms. The van der Waals surface area contributed by atoms with Crippen LogP contribution in [0, 0.1) is 5.82 Å². The molecule has 3 N–H and O–H groups in total. The summed E-state index contributed by atoms with van der Waals surface area (Å²) in [7, 11) is 0. The molecule has 1 saturated heterocycles. The van der Waals surface area contributed by atoms with E-state index in [-0.39, 0.29) is 5.75 Å². The molecule has 4 nitrogen and oxygen atoms in total. The van der Waals surface area contributed by atoms with Crippen molar-refractivity contribution in [2.45, 2.75) is 18.3 Å². The number of hydrogen-bond acceptors (Lipinski definition) is 3. The molecule has 1 amide bonds. The smallest absolute Gasteiger partial charge is 0.228 e. The summed E-state index contributed by atoms with van der Waals surface area (Å²) in [6, 6.07) is 3.63. The molecule has 92 valence electrons. The highest BCUT2D eigenvalue weighted by Gasteiger charge is 2.40. The summed E-state index contributed by atoms with van der Waals surface area (Å²) in [5, 5.41) is 9.40. The van der Waals surface area contributed by atoms with Crippen LogP contribution in [0.4, 0.5) is 4.39 Å². The van der Waals surface area contributed by atoms with Crippen LogP contribution in [0.15, 0.2) is 18.2 Å². The van der Waals surface area contributed by atoms with E-state index in [0.717, 1.165) is 6.07 Å². The van der Waals surface area contributed by atoms with E-state index in [1.165, 1.54) is 12.1 Å². The Kier molecular flexibility index (Phi) is 3.02. The van der Waals surface area contributed by atoms with Crippen molar-refractivity contribution in [2.24, 2.45) is 5.73 Å². The quantitative estimate of drug-likeness (QED) is 0.810. The number of nitrogens with two attached hydrogens (primary N) is 1. The number of rotatable bonds is 2. The zero-order valence-electron chi connectivity index (χ0n) is 9.28. The van der Waals surface area contributed by atoms with Crippen LogP contribution in [0.2, 0.25) is 0 Å². The first-order valence-corrected chi connectivity index (χ1v) is 5.42. The second kappa shape index (κ2) is 4.33. The SMILES string of the molecule is NC(=O)C1(c2cc(O)cc(F)c2)CCOCC1. The van der Waals surface area contributed by atoms with Crippen molar-refractivity contribution in [1.29, 1.82) is 0 Å². The molecule has 0 bridgehead atoms.